The molecule has 2 rings (SSSR count). The average molecular weight is 339 g/mol. The molecule has 2 aromatic rings. The summed E-state index contributed by atoms with van der Waals surface area (Å²) in [5.41, 5.74) is 1.53. The van der Waals surface area contributed by atoms with Crippen LogP contribution in [0.15, 0.2) is 60.7 Å². The van der Waals surface area contributed by atoms with Gasteiger partial charge in [-0.25, -0.2) is 4.79 Å². The Morgan fingerprint density at radius 2 is 1.56 bits per heavy atom. The third kappa shape index (κ3) is 6.10. The summed E-state index contributed by atoms with van der Waals surface area (Å²) >= 11 is 0. The normalized spacial score (nSPS) is 12.5. The second-order valence-corrected chi connectivity index (χ2v) is 5.64. The van der Waals surface area contributed by atoms with Crippen LogP contribution < -0.4 is 16.0 Å². The number of carbonyl (C=O) groups excluding carboxylic acids is 3. The van der Waals surface area contributed by atoms with Gasteiger partial charge in [0.1, 0.15) is 12.3 Å². The molecule has 0 bridgehead atoms. The number of anilines is 1. The highest BCUT2D eigenvalue weighted by molar-refractivity contribution is 5.94. The van der Waals surface area contributed by atoms with Gasteiger partial charge in [-0.15, -0.1) is 0 Å². The van der Waals surface area contributed by atoms with Crippen molar-refractivity contribution in [2.45, 2.75) is 25.4 Å². The molecule has 6 heteroatoms. The van der Waals surface area contributed by atoms with Crippen LogP contribution in [0.1, 0.15) is 12.5 Å². The molecule has 2 aromatic carbocycles. The fourth-order valence-electron chi connectivity index (χ4n) is 2.26. The summed E-state index contributed by atoms with van der Waals surface area (Å²) in [6.45, 7) is 1.58. The first kappa shape index (κ1) is 18.2. The zero-order valence-electron chi connectivity index (χ0n) is 13.9. The summed E-state index contributed by atoms with van der Waals surface area (Å²) in [4.78, 5) is 35.4. The van der Waals surface area contributed by atoms with E-state index in [9.17, 15) is 14.4 Å². The summed E-state index contributed by atoms with van der Waals surface area (Å²) < 4.78 is 0. The minimum absolute atomic E-state index is 0.320. The molecule has 25 heavy (non-hydrogen) atoms. The molecule has 0 aliphatic heterocycles. The van der Waals surface area contributed by atoms with Crippen LogP contribution in [0.25, 0.3) is 0 Å². The molecule has 130 valence electrons. The number of urea groups is 1. The van der Waals surface area contributed by atoms with Crippen molar-refractivity contribution in [2.24, 2.45) is 0 Å². The minimum Gasteiger partial charge on any atom is -0.345 e. The van der Waals surface area contributed by atoms with Crippen molar-refractivity contribution in [3.05, 3.63) is 66.2 Å². The van der Waals surface area contributed by atoms with E-state index in [-0.39, 0.29) is 0 Å². The molecule has 6 nitrogen and oxygen atoms in total. The van der Waals surface area contributed by atoms with E-state index in [1.165, 1.54) is 0 Å². The van der Waals surface area contributed by atoms with Gasteiger partial charge in [0.2, 0.25) is 5.91 Å². The van der Waals surface area contributed by atoms with E-state index in [2.05, 4.69) is 16.0 Å². The van der Waals surface area contributed by atoms with E-state index in [1.54, 1.807) is 31.2 Å². The van der Waals surface area contributed by atoms with Gasteiger partial charge in [0.25, 0.3) is 0 Å². The van der Waals surface area contributed by atoms with Crippen LogP contribution in [-0.4, -0.2) is 30.3 Å². The van der Waals surface area contributed by atoms with Crippen LogP contribution in [0, 0.1) is 0 Å². The van der Waals surface area contributed by atoms with Crippen LogP contribution in [0.2, 0.25) is 0 Å². The van der Waals surface area contributed by atoms with E-state index < -0.39 is 24.0 Å². The summed E-state index contributed by atoms with van der Waals surface area (Å²) in [6, 6.07) is 16.4. The van der Waals surface area contributed by atoms with Gasteiger partial charge in [-0.05, 0) is 24.6 Å². The van der Waals surface area contributed by atoms with Crippen molar-refractivity contribution in [1.82, 2.24) is 10.6 Å². The quantitative estimate of drug-likeness (QED) is 0.675. The van der Waals surface area contributed by atoms with Crippen LogP contribution >= 0.6 is 0 Å². The SMILES string of the molecule is CC(C=O)NC(=O)C(Cc1ccccc1)NC(=O)Nc1ccccc1. The van der Waals surface area contributed by atoms with Crippen molar-refractivity contribution in [3.63, 3.8) is 0 Å². The van der Waals surface area contributed by atoms with Crippen LogP contribution in [0.3, 0.4) is 0 Å². The van der Waals surface area contributed by atoms with Crippen LogP contribution in [0.4, 0.5) is 10.5 Å². The van der Waals surface area contributed by atoms with Crippen molar-refractivity contribution < 1.29 is 14.4 Å². The van der Waals surface area contributed by atoms with Crippen molar-refractivity contribution in [2.75, 3.05) is 5.32 Å². The van der Waals surface area contributed by atoms with E-state index in [4.69, 9.17) is 0 Å². The third-order valence-corrected chi connectivity index (χ3v) is 3.51. The monoisotopic (exact) mass is 339 g/mol. The summed E-state index contributed by atoms with van der Waals surface area (Å²) in [6.07, 6.45) is 0.960. The summed E-state index contributed by atoms with van der Waals surface area (Å²) in [5.74, 6) is -0.410. The summed E-state index contributed by atoms with van der Waals surface area (Å²) in [7, 11) is 0. The van der Waals surface area contributed by atoms with E-state index in [0.29, 0.717) is 18.4 Å². The zero-order chi connectivity index (χ0) is 18.1. The molecule has 0 aliphatic rings. The molecule has 2 unspecified atom stereocenters. The number of rotatable bonds is 7. The predicted molar refractivity (Wildman–Crippen MR) is 96.2 cm³/mol. The number of hydrogen-bond donors (Lipinski definition) is 3. The van der Waals surface area contributed by atoms with Crippen molar-refractivity contribution in [1.29, 1.82) is 0 Å². The highest BCUT2D eigenvalue weighted by Gasteiger charge is 2.22. The van der Waals surface area contributed by atoms with Gasteiger partial charge in [0.05, 0.1) is 6.04 Å². The molecule has 0 fully saturated rings. The fraction of sp³-hybridized carbons (Fsp3) is 0.211. The first-order chi connectivity index (χ1) is 12.1. The lowest BCUT2D eigenvalue weighted by molar-refractivity contribution is -0.125. The van der Waals surface area contributed by atoms with Gasteiger partial charge in [-0.2, -0.15) is 0 Å². The first-order valence-electron chi connectivity index (χ1n) is 8.00. The molecule has 0 aromatic heterocycles. The van der Waals surface area contributed by atoms with Crippen molar-refractivity contribution >= 4 is 23.9 Å². The fourth-order valence-corrected chi connectivity index (χ4v) is 2.26. The van der Waals surface area contributed by atoms with E-state index in [1.807, 2.05) is 36.4 Å². The standard InChI is InChI=1S/C19H21N3O3/c1-14(13-23)20-18(24)17(12-15-8-4-2-5-9-15)22-19(25)21-16-10-6-3-7-11-16/h2-11,13-14,17H,12H2,1H3,(H,20,24)(H2,21,22,25). The molecular formula is C19H21N3O3. The topological polar surface area (TPSA) is 87.3 Å². The number of nitrogens with one attached hydrogen (secondary N) is 3. The molecule has 0 radical (unpaired) electrons. The molecule has 2 atom stereocenters. The van der Waals surface area contributed by atoms with E-state index >= 15 is 0 Å². The maximum atomic E-state index is 12.4. The van der Waals surface area contributed by atoms with E-state index in [0.717, 1.165) is 5.56 Å². The summed E-state index contributed by atoms with van der Waals surface area (Å²) in [5, 5.41) is 7.92. The Morgan fingerprint density at radius 1 is 0.960 bits per heavy atom. The Bertz CT molecular complexity index is 704. The Morgan fingerprint density at radius 3 is 2.16 bits per heavy atom. The van der Waals surface area contributed by atoms with Gasteiger partial charge in [-0.1, -0.05) is 48.5 Å². The molecule has 3 amide bonds. The molecule has 0 saturated carbocycles. The number of para-hydroxylation sites is 1. The number of carbonyl (C=O) groups is 3. The molecular weight excluding hydrogens is 318 g/mol. The van der Waals surface area contributed by atoms with Gasteiger partial charge < -0.3 is 20.7 Å². The Kier molecular flexibility index (Phi) is 6.71. The number of benzene rings is 2. The molecule has 0 spiro atoms. The maximum absolute atomic E-state index is 12.4. The zero-order valence-corrected chi connectivity index (χ0v) is 13.9. The molecule has 0 aliphatic carbocycles. The lowest BCUT2D eigenvalue weighted by Crippen LogP contribution is -2.51. The lowest BCUT2D eigenvalue weighted by atomic mass is 10.1. The molecule has 0 saturated heterocycles. The van der Waals surface area contributed by atoms with Gasteiger partial charge in [0.15, 0.2) is 0 Å². The lowest BCUT2D eigenvalue weighted by Gasteiger charge is -2.20. The first-order valence-corrected chi connectivity index (χ1v) is 8.00. The Labute approximate surface area is 146 Å². The number of aldehydes is 1. The Hall–Kier alpha value is -3.15. The predicted octanol–water partition coefficient (Wildman–Crippen LogP) is 2.12. The van der Waals surface area contributed by atoms with Crippen molar-refractivity contribution in [3.8, 4) is 0 Å². The second-order valence-electron chi connectivity index (χ2n) is 5.64. The highest BCUT2D eigenvalue weighted by atomic mass is 16.2. The largest absolute Gasteiger partial charge is 0.345 e. The smallest absolute Gasteiger partial charge is 0.319 e. The molecule has 0 heterocycles. The van der Waals surface area contributed by atoms with Crippen LogP contribution in [-0.2, 0) is 16.0 Å². The van der Waals surface area contributed by atoms with Crippen LogP contribution in [0.5, 0.6) is 0 Å². The maximum Gasteiger partial charge on any atom is 0.319 e. The Balaban J connectivity index is 2.06. The molecule has 3 N–H and O–H groups in total. The number of hydrogen-bond acceptors (Lipinski definition) is 3. The average Bonchev–Trinajstić information content (AvgIpc) is 2.62. The van der Waals surface area contributed by atoms with Gasteiger partial charge in [0, 0.05) is 12.1 Å². The van der Waals surface area contributed by atoms with Gasteiger partial charge >= 0.3 is 6.03 Å². The third-order valence-electron chi connectivity index (χ3n) is 3.51. The second kappa shape index (κ2) is 9.22. The minimum atomic E-state index is -0.798. The highest BCUT2D eigenvalue weighted by Crippen LogP contribution is 2.07. The number of amides is 3. The van der Waals surface area contributed by atoms with Gasteiger partial charge in [-0.3, -0.25) is 4.79 Å².